The highest BCUT2D eigenvalue weighted by molar-refractivity contribution is 9.10. The van der Waals surface area contributed by atoms with Crippen LogP contribution in [-0.4, -0.2) is 23.1 Å². The summed E-state index contributed by atoms with van der Waals surface area (Å²) in [4.78, 5) is 15.3. The number of benzene rings is 2. The lowest BCUT2D eigenvalue weighted by atomic mass is 10.2. The molecule has 0 saturated carbocycles. The molecule has 21 heavy (non-hydrogen) atoms. The van der Waals surface area contributed by atoms with Crippen molar-refractivity contribution in [2.24, 2.45) is 0 Å². The number of carbonyl (C=O) groups is 1. The molecule has 0 aliphatic rings. The first kappa shape index (κ1) is 16.1. The summed E-state index contributed by atoms with van der Waals surface area (Å²) in [5.41, 5.74) is 1.17. The van der Waals surface area contributed by atoms with Crippen LogP contribution in [0.3, 0.4) is 0 Å². The Morgan fingerprint density at radius 3 is 2.38 bits per heavy atom. The molecule has 2 aromatic rings. The highest BCUT2D eigenvalue weighted by Gasteiger charge is 2.12. The molecule has 0 radical (unpaired) electrons. The normalized spacial score (nSPS) is 10.4. The number of carbonyl (C=O) groups excluding carboxylic acids is 1. The van der Waals surface area contributed by atoms with Crippen molar-refractivity contribution >= 4 is 33.6 Å². The van der Waals surface area contributed by atoms with Crippen LogP contribution in [0.5, 0.6) is 0 Å². The summed E-state index contributed by atoms with van der Waals surface area (Å²) >= 11 is 4.99. The Morgan fingerprint density at radius 2 is 1.76 bits per heavy atom. The summed E-state index contributed by atoms with van der Waals surface area (Å²) in [7, 11) is 0. The maximum atomic E-state index is 12.3. The van der Waals surface area contributed by atoms with Crippen molar-refractivity contribution in [1.29, 1.82) is 0 Å². The zero-order valence-corrected chi connectivity index (χ0v) is 14.4. The molecule has 2 rings (SSSR count). The number of thioether (sulfide) groups is 1. The predicted octanol–water partition coefficient (Wildman–Crippen LogP) is 4.59. The Bertz CT molecular complexity index is 571. The zero-order valence-electron chi connectivity index (χ0n) is 12.0. The molecule has 2 nitrogen and oxygen atoms in total. The summed E-state index contributed by atoms with van der Waals surface area (Å²) in [5.74, 6) is 0.650. The number of rotatable bonds is 6. The van der Waals surface area contributed by atoms with Gasteiger partial charge in [0.25, 0.3) is 0 Å². The quantitative estimate of drug-likeness (QED) is 0.699. The molecule has 110 valence electrons. The lowest BCUT2D eigenvalue weighted by molar-refractivity contribution is -0.128. The third-order valence-electron chi connectivity index (χ3n) is 3.13. The van der Waals surface area contributed by atoms with Crippen LogP contribution in [0.25, 0.3) is 0 Å². The molecular formula is C17H18BrNOS. The Hall–Kier alpha value is -1.26. The van der Waals surface area contributed by atoms with Gasteiger partial charge in [0.2, 0.25) is 5.91 Å². The first-order chi connectivity index (χ1) is 10.2. The van der Waals surface area contributed by atoms with Gasteiger partial charge in [-0.15, -0.1) is 11.8 Å². The van der Waals surface area contributed by atoms with Crippen LogP contribution in [0.2, 0.25) is 0 Å². The lowest BCUT2D eigenvalue weighted by Crippen LogP contribution is -2.31. The molecule has 2 aromatic carbocycles. The Morgan fingerprint density at radius 1 is 1.10 bits per heavy atom. The van der Waals surface area contributed by atoms with Gasteiger partial charge in [-0.2, -0.15) is 0 Å². The van der Waals surface area contributed by atoms with Crippen LogP contribution in [0, 0.1) is 0 Å². The third kappa shape index (κ3) is 5.21. The van der Waals surface area contributed by atoms with Gasteiger partial charge in [-0.05, 0) is 36.8 Å². The molecule has 0 heterocycles. The lowest BCUT2D eigenvalue weighted by Gasteiger charge is -2.20. The van der Waals surface area contributed by atoms with E-state index >= 15 is 0 Å². The second kappa shape index (κ2) is 8.25. The fourth-order valence-corrected chi connectivity index (χ4v) is 3.01. The second-order valence-electron chi connectivity index (χ2n) is 4.64. The van der Waals surface area contributed by atoms with Gasteiger partial charge in [-0.25, -0.2) is 0 Å². The van der Waals surface area contributed by atoms with E-state index in [-0.39, 0.29) is 5.91 Å². The van der Waals surface area contributed by atoms with Crippen LogP contribution in [-0.2, 0) is 11.3 Å². The monoisotopic (exact) mass is 363 g/mol. The van der Waals surface area contributed by atoms with Gasteiger partial charge in [0.1, 0.15) is 0 Å². The van der Waals surface area contributed by atoms with Crippen molar-refractivity contribution in [3.63, 3.8) is 0 Å². The summed E-state index contributed by atoms with van der Waals surface area (Å²) < 4.78 is 1.05. The molecule has 0 bridgehead atoms. The number of nitrogens with zero attached hydrogens (tertiary/aromatic N) is 1. The SMILES string of the molecule is CCN(Cc1ccccc1)C(=O)CSc1ccc(Br)cc1. The van der Waals surface area contributed by atoms with Crippen LogP contribution in [0.4, 0.5) is 0 Å². The Labute approximate surface area is 138 Å². The van der Waals surface area contributed by atoms with Crippen LogP contribution >= 0.6 is 27.7 Å². The molecule has 0 spiro atoms. The maximum absolute atomic E-state index is 12.3. The summed E-state index contributed by atoms with van der Waals surface area (Å²) in [6.45, 7) is 3.43. The fourth-order valence-electron chi connectivity index (χ4n) is 1.95. The minimum Gasteiger partial charge on any atom is -0.338 e. The highest BCUT2D eigenvalue weighted by atomic mass is 79.9. The van der Waals surface area contributed by atoms with Gasteiger partial charge >= 0.3 is 0 Å². The minimum absolute atomic E-state index is 0.175. The van der Waals surface area contributed by atoms with Crippen molar-refractivity contribution in [1.82, 2.24) is 4.90 Å². The van der Waals surface area contributed by atoms with E-state index in [1.165, 1.54) is 5.56 Å². The van der Waals surface area contributed by atoms with E-state index in [0.29, 0.717) is 12.3 Å². The van der Waals surface area contributed by atoms with E-state index in [4.69, 9.17) is 0 Å². The fraction of sp³-hybridized carbons (Fsp3) is 0.235. The molecule has 0 aromatic heterocycles. The topological polar surface area (TPSA) is 20.3 Å². The van der Waals surface area contributed by atoms with Crippen molar-refractivity contribution < 1.29 is 4.79 Å². The average molecular weight is 364 g/mol. The summed E-state index contributed by atoms with van der Waals surface area (Å²) in [6.07, 6.45) is 0. The van der Waals surface area contributed by atoms with Crippen molar-refractivity contribution in [3.05, 3.63) is 64.6 Å². The minimum atomic E-state index is 0.175. The largest absolute Gasteiger partial charge is 0.338 e. The first-order valence-corrected chi connectivity index (χ1v) is 8.67. The second-order valence-corrected chi connectivity index (χ2v) is 6.60. The molecular weight excluding hydrogens is 346 g/mol. The number of halogens is 1. The zero-order chi connectivity index (χ0) is 15.1. The number of amides is 1. The molecule has 0 fully saturated rings. The standard InChI is InChI=1S/C17H18BrNOS/c1-2-19(12-14-6-4-3-5-7-14)17(20)13-21-16-10-8-15(18)9-11-16/h3-11H,2,12-13H2,1H3. The van der Waals surface area contributed by atoms with Gasteiger partial charge in [0.15, 0.2) is 0 Å². The van der Waals surface area contributed by atoms with Crippen molar-refractivity contribution in [2.45, 2.75) is 18.4 Å². The van der Waals surface area contributed by atoms with Crippen molar-refractivity contribution in [3.8, 4) is 0 Å². The predicted molar refractivity (Wildman–Crippen MR) is 92.4 cm³/mol. The molecule has 0 unspecified atom stereocenters. The van der Waals surface area contributed by atoms with E-state index in [2.05, 4.69) is 28.1 Å². The molecule has 1 amide bonds. The Kier molecular flexibility index (Phi) is 6.33. The maximum Gasteiger partial charge on any atom is 0.233 e. The van der Waals surface area contributed by atoms with Crippen LogP contribution in [0.15, 0.2) is 64.0 Å². The van der Waals surface area contributed by atoms with E-state index in [1.807, 2.05) is 54.3 Å². The van der Waals surface area contributed by atoms with E-state index < -0.39 is 0 Å². The summed E-state index contributed by atoms with van der Waals surface area (Å²) in [5, 5.41) is 0. The first-order valence-electron chi connectivity index (χ1n) is 6.89. The van der Waals surface area contributed by atoms with E-state index in [9.17, 15) is 4.79 Å². The van der Waals surface area contributed by atoms with Crippen LogP contribution < -0.4 is 0 Å². The highest BCUT2D eigenvalue weighted by Crippen LogP contribution is 2.21. The molecule has 0 atom stereocenters. The molecule has 0 N–H and O–H groups in total. The molecule has 4 heteroatoms. The van der Waals surface area contributed by atoms with Gasteiger partial charge in [0, 0.05) is 22.5 Å². The molecule has 0 aliphatic heterocycles. The average Bonchev–Trinajstić information content (AvgIpc) is 2.52. The summed E-state index contributed by atoms with van der Waals surface area (Å²) in [6, 6.07) is 18.1. The molecule has 0 saturated heterocycles. The van der Waals surface area contributed by atoms with E-state index in [1.54, 1.807) is 11.8 Å². The van der Waals surface area contributed by atoms with Crippen molar-refractivity contribution in [2.75, 3.05) is 12.3 Å². The molecule has 0 aliphatic carbocycles. The smallest absolute Gasteiger partial charge is 0.233 e. The van der Waals surface area contributed by atoms with Gasteiger partial charge in [-0.1, -0.05) is 46.3 Å². The third-order valence-corrected chi connectivity index (χ3v) is 4.65. The Balaban J connectivity index is 1.89. The van der Waals surface area contributed by atoms with E-state index in [0.717, 1.165) is 15.9 Å². The number of hydrogen-bond donors (Lipinski definition) is 0. The van der Waals surface area contributed by atoms with Gasteiger partial charge in [-0.3, -0.25) is 4.79 Å². The van der Waals surface area contributed by atoms with Gasteiger partial charge in [0.05, 0.1) is 5.75 Å². The van der Waals surface area contributed by atoms with Gasteiger partial charge < -0.3 is 4.90 Å². The number of hydrogen-bond acceptors (Lipinski definition) is 2. The van der Waals surface area contributed by atoms with Crippen LogP contribution in [0.1, 0.15) is 12.5 Å².